The number of nitrogens with two attached hydrogens (primary N) is 1. The maximum atomic E-state index is 12.1. The van der Waals surface area contributed by atoms with Gasteiger partial charge >= 0.3 is 0 Å². The van der Waals surface area contributed by atoms with Crippen LogP contribution in [0, 0.1) is 6.92 Å². The van der Waals surface area contributed by atoms with Gasteiger partial charge in [0.2, 0.25) is 5.91 Å². The normalized spacial score (nSPS) is 11.5. The first kappa shape index (κ1) is 17.2. The molecule has 8 heteroatoms. The van der Waals surface area contributed by atoms with E-state index in [2.05, 4.69) is 19.9 Å². The molecule has 6 nitrogen and oxygen atoms in total. The number of aromatic nitrogens is 2. The molecule has 0 atom stereocenters. The highest BCUT2D eigenvalue weighted by atomic mass is 32.1. The number of nitrogens with zero attached hydrogens (tertiary/aromatic N) is 3. The summed E-state index contributed by atoms with van der Waals surface area (Å²) in [5.41, 5.74) is 12.6. The Hall–Kier alpha value is -2.58. The van der Waals surface area contributed by atoms with Gasteiger partial charge in [0.15, 0.2) is 0 Å². The second-order valence-electron chi connectivity index (χ2n) is 5.41. The minimum absolute atomic E-state index is 0.185. The number of hydrogen-bond acceptors (Lipinski definition) is 7. The number of benzene rings is 1. The number of thiazole rings is 1. The zero-order valence-corrected chi connectivity index (χ0v) is 15.4. The van der Waals surface area contributed by atoms with Crippen LogP contribution in [0.3, 0.4) is 0 Å². The Balaban J connectivity index is 1.64. The summed E-state index contributed by atoms with van der Waals surface area (Å²) in [5.74, 6) is -0.215. The Labute approximate surface area is 153 Å². The van der Waals surface area contributed by atoms with Crippen LogP contribution < -0.4 is 11.2 Å². The highest BCUT2D eigenvalue weighted by Gasteiger charge is 2.12. The van der Waals surface area contributed by atoms with Crippen molar-refractivity contribution in [2.75, 3.05) is 5.73 Å². The van der Waals surface area contributed by atoms with E-state index in [1.807, 2.05) is 42.6 Å². The van der Waals surface area contributed by atoms with E-state index >= 15 is 0 Å². The van der Waals surface area contributed by atoms with Crippen molar-refractivity contribution in [3.8, 4) is 11.3 Å². The first-order valence-electron chi connectivity index (χ1n) is 7.59. The van der Waals surface area contributed by atoms with Crippen LogP contribution in [0.1, 0.15) is 23.2 Å². The first-order chi connectivity index (χ1) is 12.0. The molecule has 0 fully saturated rings. The van der Waals surface area contributed by atoms with Crippen LogP contribution in [0.15, 0.2) is 40.8 Å². The Morgan fingerprint density at radius 2 is 2.08 bits per heavy atom. The van der Waals surface area contributed by atoms with Crippen molar-refractivity contribution < 1.29 is 4.79 Å². The highest BCUT2D eigenvalue weighted by Crippen LogP contribution is 2.22. The number of amides is 1. The monoisotopic (exact) mass is 371 g/mol. The molecule has 3 aromatic rings. The van der Waals surface area contributed by atoms with E-state index in [-0.39, 0.29) is 12.3 Å². The van der Waals surface area contributed by atoms with Gasteiger partial charge in [-0.1, -0.05) is 30.3 Å². The highest BCUT2D eigenvalue weighted by molar-refractivity contribution is 7.10. The summed E-state index contributed by atoms with van der Waals surface area (Å²) in [6.07, 6.45) is 0.185. The number of aryl methyl sites for hydroxylation is 1. The Bertz CT molecular complexity index is 895. The second-order valence-corrected chi connectivity index (χ2v) is 7.16. The molecule has 0 unspecified atom stereocenters. The lowest BCUT2D eigenvalue weighted by Gasteiger charge is -2.02. The Morgan fingerprint density at radius 1 is 1.32 bits per heavy atom. The molecule has 1 aromatic carbocycles. The maximum absolute atomic E-state index is 12.1. The molecule has 3 N–H and O–H groups in total. The molecule has 0 radical (unpaired) electrons. The summed E-state index contributed by atoms with van der Waals surface area (Å²) in [7, 11) is 0. The Kier molecular flexibility index (Phi) is 5.20. The fourth-order valence-electron chi connectivity index (χ4n) is 2.34. The summed E-state index contributed by atoms with van der Waals surface area (Å²) in [6.45, 7) is 3.66. The van der Waals surface area contributed by atoms with Crippen LogP contribution >= 0.6 is 22.9 Å². The lowest BCUT2D eigenvalue weighted by molar-refractivity contribution is -0.120. The van der Waals surface area contributed by atoms with Gasteiger partial charge < -0.3 is 5.73 Å². The van der Waals surface area contributed by atoms with E-state index in [9.17, 15) is 4.79 Å². The van der Waals surface area contributed by atoms with Gasteiger partial charge in [0.1, 0.15) is 10.0 Å². The Morgan fingerprint density at radius 3 is 2.76 bits per heavy atom. The standard InChI is InChI=1S/C17H17N5OS2/c1-10(16-11(2)22-25-17(16)18)20-21-14(23)8-15-19-13(9-24-15)12-6-4-3-5-7-12/h3-7,9H,8,18H2,1-2H3,(H,21,23)/b20-10-. The average Bonchev–Trinajstić information content (AvgIpc) is 3.20. The number of carbonyl (C=O) groups is 1. The zero-order chi connectivity index (χ0) is 17.8. The smallest absolute Gasteiger partial charge is 0.246 e. The number of nitrogens with one attached hydrogen (secondary N) is 1. The summed E-state index contributed by atoms with van der Waals surface area (Å²) in [6, 6.07) is 9.88. The maximum Gasteiger partial charge on any atom is 0.246 e. The molecule has 3 rings (SSSR count). The van der Waals surface area contributed by atoms with Crippen LogP contribution in [0.2, 0.25) is 0 Å². The molecule has 1 amide bonds. The molecule has 0 bridgehead atoms. The minimum Gasteiger partial charge on any atom is -0.389 e. The van der Waals surface area contributed by atoms with E-state index in [1.165, 1.54) is 22.9 Å². The van der Waals surface area contributed by atoms with Crippen LogP contribution in [-0.2, 0) is 11.2 Å². The number of rotatable bonds is 5. The molecule has 0 aliphatic heterocycles. The molecule has 25 heavy (non-hydrogen) atoms. The number of nitrogen functional groups attached to an aromatic ring is 1. The number of hydrazone groups is 1. The molecule has 2 heterocycles. The van der Waals surface area contributed by atoms with Crippen LogP contribution in [0.4, 0.5) is 5.00 Å². The van der Waals surface area contributed by atoms with Gasteiger partial charge in [-0.05, 0) is 25.4 Å². The van der Waals surface area contributed by atoms with Crippen molar-refractivity contribution in [3.05, 3.63) is 52.0 Å². The predicted octanol–water partition coefficient (Wildman–Crippen LogP) is 3.24. The van der Waals surface area contributed by atoms with E-state index in [0.29, 0.717) is 10.7 Å². The molecule has 2 aromatic heterocycles. The van der Waals surface area contributed by atoms with Gasteiger partial charge in [-0.3, -0.25) is 4.79 Å². The van der Waals surface area contributed by atoms with Crippen molar-refractivity contribution in [1.82, 2.24) is 14.8 Å². The third kappa shape index (κ3) is 4.09. The summed E-state index contributed by atoms with van der Waals surface area (Å²) < 4.78 is 4.18. The average molecular weight is 371 g/mol. The number of hydrogen-bond donors (Lipinski definition) is 2. The zero-order valence-electron chi connectivity index (χ0n) is 13.8. The van der Waals surface area contributed by atoms with E-state index in [0.717, 1.165) is 27.5 Å². The summed E-state index contributed by atoms with van der Waals surface area (Å²) in [5, 5.41) is 7.43. The molecule has 0 aliphatic rings. The van der Waals surface area contributed by atoms with Crippen molar-refractivity contribution in [1.29, 1.82) is 0 Å². The lowest BCUT2D eigenvalue weighted by Crippen LogP contribution is -2.21. The van der Waals surface area contributed by atoms with E-state index in [4.69, 9.17) is 5.73 Å². The van der Waals surface area contributed by atoms with Crippen molar-refractivity contribution in [2.24, 2.45) is 5.10 Å². The second kappa shape index (κ2) is 7.54. The lowest BCUT2D eigenvalue weighted by atomic mass is 10.2. The van der Waals surface area contributed by atoms with Gasteiger partial charge in [-0.25, -0.2) is 10.4 Å². The molecular weight excluding hydrogens is 354 g/mol. The van der Waals surface area contributed by atoms with Gasteiger partial charge in [-0.2, -0.15) is 9.47 Å². The van der Waals surface area contributed by atoms with E-state index < -0.39 is 0 Å². The van der Waals surface area contributed by atoms with Crippen molar-refractivity contribution in [3.63, 3.8) is 0 Å². The first-order valence-corrected chi connectivity index (χ1v) is 9.25. The SMILES string of the molecule is C/C(=N/NC(=O)Cc1nc(-c2ccccc2)cs1)c1c(C)nsc1N. The largest absolute Gasteiger partial charge is 0.389 e. The third-order valence-corrected chi connectivity index (χ3v) is 5.15. The molecule has 128 valence electrons. The van der Waals surface area contributed by atoms with Crippen LogP contribution in [0.25, 0.3) is 11.3 Å². The van der Waals surface area contributed by atoms with Gasteiger partial charge in [0, 0.05) is 10.9 Å². The van der Waals surface area contributed by atoms with Crippen molar-refractivity contribution in [2.45, 2.75) is 20.3 Å². The molecular formula is C17H17N5OS2. The van der Waals surface area contributed by atoms with Gasteiger partial charge in [-0.15, -0.1) is 11.3 Å². The third-order valence-electron chi connectivity index (χ3n) is 3.53. The summed E-state index contributed by atoms with van der Waals surface area (Å²) in [4.78, 5) is 16.6. The van der Waals surface area contributed by atoms with Crippen molar-refractivity contribution >= 4 is 39.5 Å². The van der Waals surface area contributed by atoms with Gasteiger partial charge in [0.05, 0.1) is 29.1 Å². The molecule has 0 spiro atoms. The van der Waals surface area contributed by atoms with Crippen LogP contribution in [-0.4, -0.2) is 21.0 Å². The number of carbonyl (C=O) groups excluding carboxylic acids is 1. The quantitative estimate of drug-likeness (QED) is 0.532. The number of anilines is 1. The van der Waals surface area contributed by atoms with E-state index in [1.54, 1.807) is 6.92 Å². The molecule has 0 aliphatic carbocycles. The fraction of sp³-hybridized carbons (Fsp3) is 0.176. The molecule has 0 saturated heterocycles. The molecule has 0 saturated carbocycles. The minimum atomic E-state index is -0.215. The fourth-order valence-corrected chi connectivity index (χ4v) is 3.86. The topological polar surface area (TPSA) is 93.3 Å². The van der Waals surface area contributed by atoms with Crippen LogP contribution in [0.5, 0.6) is 0 Å². The summed E-state index contributed by atoms with van der Waals surface area (Å²) >= 11 is 2.68. The van der Waals surface area contributed by atoms with Gasteiger partial charge in [0.25, 0.3) is 0 Å². The predicted molar refractivity (Wildman–Crippen MR) is 103 cm³/mol.